The van der Waals surface area contributed by atoms with E-state index in [0.29, 0.717) is 6.54 Å². The van der Waals surface area contributed by atoms with Crippen molar-refractivity contribution in [3.63, 3.8) is 0 Å². The zero-order chi connectivity index (χ0) is 13.0. The third kappa shape index (κ3) is 2.97. The molecule has 0 atom stereocenters. The van der Waals surface area contributed by atoms with E-state index in [9.17, 15) is 0 Å². The van der Waals surface area contributed by atoms with Gasteiger partial charge >= 0.3 is 0 Å². The average molecular weight is 242 g/mol. The molecule has 2 heterocycles. The summed E-state index contributed by atoms with van der Waals surface area (Å²) in [6, 6.07) is 6.01. The van der Waals surface area contributed by atoms with E-state index >= 15 is 0 Å². The van der Waals surface area contributed by atoms with Crippen molar-refractivity contribution >= 4 is 5.95 Å². The molecule has 0 aliphatic carbocycles. The van der Waals surface area contributed by atoms with Crippen molar-refractivity contribution in [1.29, 1.82) is 0 Å². The first-order valence-corrected chi connectivity index (χ1v) is 6.00. The van der Waals surface area contributed by atoms with Gasteiger partial charge in [0.15, 0.2) is 0 Å². The van der Waals surface area contributed by atoms with Crippen molar-refractivity contribution in [1.82, 2.24) is 14.5 Å². The van der Waals surface area contributed by atoms with Crippen molar-refractivity contribution in [3.05, 3.63) is 54.1 Å². The maximum Gasteiger partial charge on any atom is 0.203 e. The fourth-order valence-electron chi connectivity index (χ4n) is 1.83. The molecule has 1 N–H and O–H groups in total. The van der Waals surface area contributed by atoms with Gasteiger partial charge in [0.2, 0.25) is 5.95 Å². The SMILES string of the molecule is C=CCn1cc(C)nc1NCc1cccc(C)n1. The highest BCUT2D eigenvalue weighted by atomic mass is 15.2. The van der Waals surface area contributed by atoms with Crippen LogP contribution in [0, 0.1) is 13.8 Å². The van der Waals surface area contributed by atoms with E-state index in [4.69, 9.17) is 0 Å². The highest BCUT2D eigenvalue weighted by Crippen LogP contribution is 2.10. The molecule has 0 aromatic carbocycles. The van der Waals surface area contributed by atoms with Gasteiger partial charge in [-0.15, -0.1) is 6.58 Å². The first kappa shape index (κ1) is 12.4. The molecule has 0 unspecified atom stereocenters. The molecule has 18 heavy (non-hydrogen) atoms. The van der Waals surface area contributed by atoms with Crippen LogP contribution in [0.2, 0.25) is 0 Å². The third-order valence-electron chi connectivity index (χ3n) is 2.60. The lowest BCUT2D eigenvalue weighted by molar-refractivity contribution is 0.816. The number of allylic oxidation sites excluding steroid dienone is 1. The van der Waals surface area contributed by atoms with E-state index in [1.807, 2.05) is 48.9 Å². The number of pyridine rings is 1. The number of rotatable bonds is 5. The molecule has 2 rings (SSSR count). The summed E-state index contributed by atoms with van der Waals surface area (Å²) in [4.78, 5) is 8.89. The van der Waals surface area contributed by atoms with Gasteiger partial charge in [-0.25, -0.2) is 4.98 Å². The minimum atomic E-state index is 0.676. The van der Waals surface area contributed by atoms with Crippen LogP contribution in [-0.4, -0.2) is 14.5 Å². The smallest absolute Gasteiger partial charge is 0.203 e. The summed E-state index contributed by atoms with van der Waals surface area (Å²) >= 11 is 0. The Morgan fingerprint density at radius 1 is 1.28 bits per heavy atom. The number of anilines is 1. The Morgan fingerprint density at radius 3 is 2.83 bits per heavy atom. The van der Waals surface area contributed by atoms with Gasteiger partial charge in [0.1, 0.15) is 0 Å². The van der Waals surface area contributed by atoms with Crippen molar-refractivity contribution in [3.8, 4) is 0 Å². The molecule has 0 amide bonds. The second kappa shape index (κ2) is 5.49. The quantitative estimate of drug-likeness (QED) is 0.820. The van der Waals surface area contributed by atoms with Crippen LogP contribution in [0.1, 0.15) is 17.1 Å². The number of aromatic nitrogens is 3. The molecular formula is C14H18N4. The van der Waals surface area contributed by atoms with Crippen LogP contribution in [-0.2, 0) is 13.1 Å². The fourth-order valence-corrected chi connectivity index (χ4v) is 1.83. The Hall–Kier alpha value is -2.10. The van der Waals surface area contributed by atoms with Gasteiger partial charge in [0.05, 0.1) is 17.9 Å². The van der Waals surface area contributed by atoms with Gasteiger partial charge in [-0.05, 0) is 26.0 Å². The molecule has 0 aliphatic rings. The Labute approximate surface area is 107 Å². The highest BCUT2D eigenvalue weighted by Gasteiger charge is 2.04. The van der Waals surface area contributed by atoms with Crippen molar-refractivity contribution in [2.24, 2.45) is 0 Å². The zero-order valence-corrected chi connectivity index (χ0v) is 10.8. The van der Waals surface area contributed by atoms with Crippen LogP contribution in [0.5, 0.6) is 0 Å². The topological polar surface area (TPSA) is 42.7 Å². The summed E-state index contributed by atoms with van der Waals surface area (Å²) < 4.78 is 2.04. The number of nitrogens with one attached hydrogen (secondary N) is 1. The van der Waals surface area contributed by atoms with Gasteiger partial charge < -0.3 is 9.88 Å². The van der Waals surface area contributed by atoms with Crippen molar-refractivity contribution < 1.29 is 0 Å². The largest absolute Gasteiger partial charge is 0.350 e. The number of imidazole rings is 1. The lowest BCUT2D eigenvalue weighted by atomic mass is 10.3. The third-order valence-corrected chi connectivity index (χ3v) is 2.60. The molecule has 94 valence electrons. The van der Waals surface area contributed by atoms with E-state index < -0.39 is 0 Å². The predicted octanol–water partition coefficient (Wildman–Crippen LogP) is 2.69. The standard InChI is InChI=1S/C14H18N4/c1-4-8-18-10-12(3)17-14(18)15-9-13-7-5-6-11(2)16-13/h4-7,10H,1,8-9H2,2-3H3,(H,15,17). The molecular weight excluding hydrogens is 224 g/mol. The average Bonchev–Trinajstić information content (AvgIpc) is 2.68. The number of aryl methyl sites for hydroxylation is 2. The van der Waals surface area contributed by atoms with E-state index in [-0.39, 0.29) is 0 Å². The minimum absolute atomic E-state index is 0.676. The molecule has 2 aromatic rings. The first-order chi connectivity index (χ1) is 8.69. The Kier molecular flexibility index (Phi) is 3.77. The monoisotopic (exact) mass is 242 g/mol. The molecule has 0 bridgehead atoms. The van der Waals surface area contributed by atoms with E-state index in [1.165, 1.54) is 0 Å². The minimum Gasteiger partial charge on any atom is -0.350 e. The summed E-state index contributed by atoms with van der Waals surface area (Å²) in [5.74, 6) is 0.857. The zero-order valence-electron chi connectivity index (χ0n) is 10.8. The van der Waals surface area contributed by atoms with E-state index in [2.05, 4.69) is 21.9 Å². The summed E-state index contributed by atoms with van der Waals surface area (Å²) in [7, 11) is 0. The molecule has 4 nitrogen and oxygen atoms in total. The van der Waals surface area contributed by atoms with Gasteiger partial charge in [0.25, 0.3) is 0 Å². The van der Waals surface area contributed by atoms with Crippen LogP contribution in [0.4, 0.5) is 5.95 Å². The van der Waals surface area contributed by atoms with E-state index in [0.717, 1.165) is 29.6 Å². The van der Waals surface area contributed by atoms with Crippen LogP contribution >= 0.6 is 0 Å². The van der Waals surface area contributed by atoms with Gasteiger partial charge in [-0.1, -0.05) is 12.1 Å². The summed E-state index contributed by atoms with van der Waals surface area (Å²) in [5.41, 5.74) is 3.04. The van der Waals surface area contributed by atoms with Crippen molar-refractivity contribution in [2.75, 3.05) is 5.32 Å². The molecule has 4 heteroatoms. The maximum absolute atomic E-state index is 4.45. The normalized spacial score (nSPS) is 10.3. The molecule has 2 aromatic heterocycles. The molecule has 0 saturated heterocycles. The molecule has 0 fully saturated rings. The lowest BCUT2D eigenvalue weighted by Crippen LogP contribution is -2.08. The van der Waals surface area contributed by atoms with Gasteiger partial charge in [-0.2, -0.15) is 0 Å². The van der Waals surface area contributed by atoms with Gasteiger partial charge in [0, 0.05) is 18.4 Å². The molecule has 0 saturated carbocycles. The van der Waals surface area contributed by atoms with Crippen LogP contribution < -0.4 is 5.32 Å². The van der Waals surface area contributed by atoms with Crippen LogP contribution in [0.25, 0.3) is 0 Å². The summed E-state index contributed by atoms with van der Waals surface area (Å²) in [5, 5.41) is 3.30. The second-order valence-electron chi connectivity index (χ2n) is 4.27. The first-order valence-electron chi connectivity index (χ1n) is 6.00. The molecule has 0 spiro atoms. The number of hydrogen-bond donors (Lipinski definition) is 1. The van der Waals surface area contributed by atoms with E-state index in [1.54, 1.807) is 0 Å². The fraction of sp³-hybridized carbons (Fsp3) is 0.286. The maximum atomic E-state index is 4.45. The van der Waals surface area contributed by atoms with Crippen LogP contribution in [0.3, 0.4) is 0 Å². The molecule has 0 radical (unpaired) electrons. The number of hydrogen-bond acceptors (Lipinski definition) is 3. The number of nitrogens with zero attached hydrogens (tertiary/aromatic N) is 3. The molecule has 0 aliphatic heterocycles. The van der Waals surface area contributed by atoms with Crippen molar-refractivity contribution in [2.45, 2.75) is 26.9 Å². The van der Waals surface area contributed by atoms with Gasteiger partial charge in [-0.3, -0.25) is 4.98 Å². The second-order valence-corrected chi connectivity index (χ2v) is 4.27. The Bertz CT molecular complexity index is 542. The van der Waals surface area contributed by atoms with Crippen LogP contribution in [0.15, 0.2) is 37.1 Å². The Balaban J connectivity index is 2.07. The highest BCUT2D eigenvalue weighted by molar-refractivity contribution is 5.30. The summed E-state index contributed by atoms with van der Waals surface area (Å²) in [6.07, 6.45) is 3.87. The Morgan fingerprint density at radius 2 is 2.11 bits per heavy atom. The predicted molar refractivity (Wildman–Crippen MR) is 73.5 cm³/mol. The lowest BCUT2D eigenvalue weighted by Gasteiger charge is -2.07. The summed E-state index contributed by atoms with van der Waals surface area (Å²) in [6.45, 7) is 9.15.